The highest BCUT2D eigenvalue weighted by atomic mass is 15.2. The van der Waals surface area contributed by atoms with Crippen molar-refractivity contribution in [1.29, 1.82) is 0 Å². The highest BCUT2D eigenvalue weighted by Crippen LogP contribution is 2.29. The van der Waals surface area contributed by atoms with E-state index in [1.54, 1.807) is 0 Å². The third-order valence-electron chi connectivity index (χ3n) is 4.12. The number of nitrogens with one attached hydrogen (secondary N) is 1. The van der Waals surface area contributed by atoms with Crippen LogP contribution in [0.1, 0.15) is 38.3 Å². The van der Waals surface area contributed by atoms with Crippen LogP contribution in [-0.4, -0.2) is 39.6 Å². The van der Waals surface area contributed by atoms with Crippen molar-refractivity contribution in [2.45, 2.75) is 57.8 Å². The average molecular weight is 248 g/mol. The number of hydrogen-bond acceptors (Lipinski definition) is 3. The Morgan fingerprint density at radius 3 is 3.06 bits per heavy atom. The highest BCUT2D eigenvalue weighted by molar-refractivity contribution is 4.99. The van der Waals surface area contributed by atoms with E-state index in [1.807, 2.05) is 12.5 Å². The van der Waals surface area contributed by atoms with E-state index in [1.165, 1.54) is 44.5 Å². The topological polar surface area (TPSA) is 33.1 Å². The Hall–Kier alpha value is -0.870. The fraction of sp³-hybridized carbons (Fsp3) is 0.786. The van der Waals surface area contributed by atoms with Gasteiger partial charge in [0.15, 0.2) is 0 Å². The van der Waals surface area contributed by atoms with Crippen molar-refractivity contribution in [1.82, 2.24) is 19.8 Å². The number of nitrogens with zero attached hydrogens (tertiary/aromatic N) is 3. The van der Waals surface area contributed by atoms with E-state index in [4.69, 9.17) is 0 Å². The van der Waals surface area contributed by atoms with Crippen LogP contribution in [0.2, 0.25) is 0 Å². The summed E-state index contributed by atoms with van der Waals surface area (Å²) < 4.78 is 2.26. The molecule has 18 heavy (non-hydrogen) atoms. The molecule has 2 aliphatic rings. The summed E-state index contributed by atoms with van der Waals surface area (Å²) in [6.45, 7) is 6.78. The van der Waals surface area contributed by atoms with Crippen molar-refractivity contribution < 1.29 is 0 Å². The van der Waals surface area contributed by atoms with E-state index in [0.717, 1.165) is 19.1 Å². The molecule has 0 amide bonds. The summed E-state index contributed by atoms with van der Waals surface area (Å²) in [7, 11) is 0. The molecular formula is C14H24N4. The number of rotatable bonds is 6. The predicted molar refractivity (Wildman–Crippen MR) is 72.4 cm³/mol. The normalized spacial score (nSPS) is 24.8. The van der Waals surface area contributed by atoms with Gasteiger partial charge in [-0.2, -0.15) is 0 Å². The molecule has 0 spiro atoms. The number of aryl methyl sites for hydroxylation is 1. The van der Waals surface area contributed by atoms with Crippen molar-refractivity contribution in [3.63, 3.8) is 0 Å². The Morgan fingerprint density at radius 1 is 1.39 bits per heavy atom. The Bertz CT molecular complexity index is 383. The van der Waals surface area contributed by atoms with Crippen LogP contribution in [0.15, 0.2) is 12.5 Å². The number of aromatic nitrogens is 2. The van der Waals surface area contributed by atoms with Gasteiger partial charge in [-0.05, 0) is 25.7 Å². The second-order valence-electron chi connectivity index (χ2n) is 5.67. The Labute approximate surface area is 109 Å². The lowest BCUT2D eigenvalue weighted by atomic mass is 10.2. The maximum Gasteiger partial charge on any atom is 0.0948 e. The van der Waals surface area contributed by atoms with Gasteiger partial charge in [0.25, 0.3) is 0 Å². The summed E-state index contributed by atoms with van der Waals surface area (Å²) >= 11 is 0. The monoisotopic (exact) mass is 248 g/mol. The standard InChI is InChI=1S/C14H24N4/c1-2-6-18-11-15-8-14(18)9-16-12-5-7-17(10-12)13-3-4-13/h8,11-13,16H,2-7,9-10H2,1H3. The van der Waals surface area contributed by atoms with E-state index in [-0.39, 0.29) is 0 Å². The zero-order valence-electron chi connectivity index (χ0n) is 11.3. The Kier molecular flexibility index (Phi) is 3.66. The molecule has 2 heterocycles. The van der Waals surface area contributed by atoms with Crippen molar-refractivity contribution in [2.75, 3.05) is 13.1 Å². The molecule has 4 heteroatoms. The summed E-state index contributed by atoms with van der Waals surface area (Å²) in [6.07, 6.45) is 9.27. The van der Waals surface area contributed by atoms with Crippen molar-refractivity contribution >= 4 is 0 Å². The van der Waals surface area contributed by atoms with Gasteiger partial charge in [0, 0.05) is 44.5 Å². The fourth-order valence-corrected chi connectivity index (χ4v) is 2.91. The minimum absolute atomic E-state index is 0.676. The summed E-state index contributed by atoms with van der Waals surface area (Å²) in [6, 6.07) is 1.60. The van der Waals surface area contributed by atoms with Gasteiger partial charge in [-0.3, -0.25) is 4.90 Å². The molecule has 1 saturated carbocycles. The molecule has 1 aliphatic carbocycles. The van der Waals surface area contributed by atoms with Crippen LogP contribution in [0.4, 0.5) is 0 Å². The minimum atomic E-state index is 0.676. The van der Waals surface area contributed by atoms with Gasteiger partial charge >= 0.3 is 0 Å². The van der Waals surface area contributed by atoms with Crippen LogP contribution in [0, 0.1) is 0 Å². The van der Waals surface area contributed by atoms with Crippen LogP contribution in [-0.2, 0) is 13.1 Å². The first-order chi connectivity index (χ1) is 8.86. The first-order valence-electron chi connectivity index (χ1n) is 7.33. The van der Waals surface area contributed by atoms with Gasteiger partial charge in [0.2, 0.25) is 0 Å². The van der Waals surface area contributed by atoms with Crippen molar-refractivity contribution in [3.05, 3.63) is 18.2 Å². The Balaban J connectivity index is 1.47. The zero-order valence-corrected chi connectivity index (χ0v) is 11.3. The maximum absolute atomic E-state index is 4.25. The van der Waals surface area contributed by atoms with Gasteiger partial charge in [0.1, 0.15) is 0 Å². The minimum Gasteiger partial charge on any atom is -0.333 e. The van der Waals surface area contributed by atoms with Crippen LogP contribution in [0.5, 0.6) is 0 Å². The quantitative estimate of drug-likeness (QED) is 0.830. The fourth-order valence-electron chi connectivity index (χ4n) is 2.91. The molecule has 1 aliphatic heterocycles. The molecule has 0 aromatic carbocycles. The summed E-state index contributed by atoms with van der Waals surface area (Å²) in [5.41, 5.74) is 1.32. The van der Waals surface area contributed by atoms with Crippen LogP contribution >= 0.6 is 0 Å². The van der Waals surface area contributed by atoms with E-state index >= 15 is 0 Å². The number of imidazole rings is 1. The lowest BCUT2D eigenvalue weighted by molar-refractivity contribution is 0.317. The van der Waals surface area contributed by atoms with E-state index < -0.39 is 0 Å². The van der Waals surface area contributed by atoms with Crippen molar-refractivity contribution in [3.8, 4) is 0 Å². The smallest absolute Gasteiger partial charge is 0.0948 e. The van der Waals surface area contributed by atoms with Gasteiger partial charge in [-0.25, -0.2) is 4.98 Å². The highest BCUT2D eigenvalue weighted by Gasteiger charge is 2.34. The Morgan fingerprint density at radius 2 is 2.28 bits per heavy atom. The largest absolute Gasteiger partial charge is 0.333 e. The van der Waals surface area contributed by atoms with Gasteiger partial charge in [0.05, 0.1) is 12.0 Å². The van der Waals surface area contributed by atoms with Gasteiger partial charge < -0.3 is 9.88 Å². The number of likely N-dealkylation sites (tertiary alicyclic amines) is 1. The molecule has 3 rings (SSSR count). The number of hydrogen-bond donors (Lipinski definition) is 1. The van der Waals surface area contributed by atoms with Gasteiger partial charge in [-0.1, -0.05) is 6.92 Å². The summed E-state index contributed by atoms with van der Waals surface area (Å²) in [5.74, 6) is 0. The summed E-state index contributed by atoms with van der Waals surface area (Å²) in [5, 5.41) is 3.69. The van der Waals surface area contributed by atoms with E-state index in [0.29, 0.717) is 6.04 Å². The lowest BCUT2D eigenvalue weighted by Gasteiger charge is -2.16. The van der Waals surface area contributed by atoms with E-state index in [9.17, 15) is 0 Å². The molecule has 1 N–H and O–H groups in total. The van der Waals surface area contributed by atoms with Crippen LogP contribution in [0.25, 0.3) is 0 Å². The maximum atomic E-state index is 4.25. The molecule has 4 nitrogen and oxygen atoms in total. The first kappa shape index (κ1) is 12.2. The SMILES string of the molecule is CCCn1cncc1CNC1CCN(C2CC2)C1. The molecule has 0 bridgehead atoms. The molecule has 1 unspecified atom stereocenters. The third-order valence-corrected chi connectivity index (χ3v) is 4.12. The predicted octanol–water partition coefficient (Wildman–Crippen LogP) is 1.62. The zero-order chi connectivity index (χ0) is 12.4. The molecule has 100 valence electrons. The molecular weight excluding hydrogens is 224 g/mol. The first-order valence-corrected chi connectivity index (χ1v) is 7.33. The van der Waals surface area contributed by atoms with Crippen LogP contribution < -0.4 is 5.32 Å². The molecule has 1 saturated heterocycles. The molecule has 1 aromatic rings. The van der Waals surface area contributed by atoms with E-state index in [2.05, 4.69) is 26.7 Å². The molecule has 2 fully saturated rings. The average Bonchev–Trinajstić information content (AvgIpc) is 2.96. The van der Waals surface area contributed by atoms with Crippen LogP contribution in [0.3, 0.4) is 0 Å². The summed E-state index contributed by atoms with van der Waals surface area (Å²) in [4.78, 5) is 6.91. The third kappa shape index (κ3) is 2.75. The van der Waals surface area contributed by atoms with Crippen molar-refractivity contribution in [2.24, 2.45) is 0 Å². The molecule has 0 radical (unpaired) electrons. The molecule has 1 aromatic heterocycles. The lowest BCUT2D eigenvalue weighted by Crippen LogP contribution is -2.33. The van der Waals surface area contributed by atoms with Gasteiger partial charge in [-0.15, -0.1) is 0 Å². The second-order valence-corrected chi connectivity index (χ2v) is 5.67. The molecule has 1 atom stereocenters. The second kappa shape index (κ2) is 5.41.